The third kappa shape index (κ3) is 12.1. The minimum Gasteiger partial charge on any atom is -0.489 e. The number of nitriles is 1. The lowest BCUT2D eigenvalue weighted by Crippen LogP contribution is -2.32. The van der Waals surface area contributed by atoms with Gasteiger partial charge in [-0.3, -0.25) is 0 Å². The van der Waals surface area contributed by atoms with E-state index in [1.807, 2.05) is 17.8 Å². The average Bonchev–Trinajstić information content (AvgIpc) is 2.63. The first kappa shape index (κ1) is 23.7. The Hall–Kier alpha value is -2.28. The van der Waals surface area contributed by atoms with E-state index in [0.29, 0.717) is 17.9 Å². The first-order chi connectivity index (χ1) is 12.4. The molecule has 0 saturated heterocycles. The van der Waals surface area contributed by atoms with E-state index in [-0.39, 0.29) is 6.61 Å². The number of nitrogens with zero attached hydrogens (tertiary/aromatic N) is 1. The lowest BCUT2D eigenvalue weighted by Gasteiger charge is -2.13. The summed E-state index contributed by atoms with van der Waals surface area (Å²) < 4.78 is 5.47. The maximum atomic E-state index is 9.80. The summed E-state index contributed by atoms with van der Waals surface area (Å²) in [4.78, 5) is 18.2. The summed E-state index contributed by atoms with van der Waals surface area (Å²) >= 11 is 1.92. The molecule has 1 aromatic rings. The van der Waals surface area contributed by atoms with E-state index in [1.165, 1.54) is 0 Å². The van der Waals surface area contributed by atoms with Crippen LogP contribution in [0.2, 0.25) is 0 Å². The van der Waals surface area contributed by atoms with Crippen molar-refractivity contribution in [3.05, 3.63) is 29.8 Å². The topological polar surface area (TPSA) is 140 Å². The van der Waals surface area contributed by atoms with Gasteiger partial charge in [0.2, 0.25) is 0 Å². The Morgan fingerprint density at radius 2 is 1.96 bits per heavy atom. The number of ether oxygens (including phenoxy) is 1. The highest BCUT2D eigenvalue weighted by Crippen LogP contribution is 2.16. The summed E-state index contributed by atoms with van der Waals surface area (Å²) in [5.41, 5.74) is 0.490. The molecule has 0 bridgehead atoms. The number of thioether (sulfide) groups is 1. The smallest absolute Gasteiger partial charge is 0.414 e. The van der Waals surface area contributed by atoms with E-state index >= 15 is 0 Å². The number of carboxylic acid groups (broad SMARTS) is 2. The largest absolute Gasteiger partial charge is 0.489 e. The highest BCUT2D eigenvalue weighted by molar-refractivity contribution is 7.99. The normalized spacial score (nSPS) is 10.8. The van der Waals surface area contributed by atoms with E-state index in [0.717, 1.165) is 24.5 Å². The second kappa shape index (κ2) is 15.0. The second-order valence-corrected chi connectivity index (χ2v) is 6.33. The van der Waals surface area contributed by atoms with Crippen molar-refractivity contribution in [2.75, 3.05) is 31.2 Å². The Morgan fingerprint density at radius 3 is 2.54 bits per heavy atom. The highest BCUT2D eigenvalue weighted by atomic mass is 32.2. The van der Waals surface area contributed by atoms with Gasteiger partial charge < -0.3 is 25.4 Å². The molecule has 0 aliphatic carbocycles. The van der Waals surface area contributed by atoms with Gasteiger partial charge in [0.15, 0.2) is 0 Å². The summed E-state index contributed by atoms with van der Waals surface area (Å²) in [6.07, 6.45) is 0.532. The molecule has 26 heavy (non-hydrogen) atoms. The van der Waals surface area contributed by atoms with Crippen LogP contribution in [0.5, 0.6) is 5.75 Å². The molecule has 0 fully saturated rings. The molecule has 0 aromatic heterocycles. The SMILES string of the molecule is CCSCCCNCC(O)COc1ccccc1C#N.O=C(O)C(=O)O. The first-order valence-electron chi connectivity index (χ1n) is 7.97. The minimum absolute atomic E-state index is 0.190. The predicted molar refractivity (Wildman–Crippen MR) is 98.4 cm³/mol. The molecule has 0 aliphatic heterocycles. The van der Waals surface area contributed by atoms with Gasteiger partial charge in [-0.1, -0.05) is 19.1 Å². The van der Waals surface area contributed by atoms with Crippen LogP contribution in [0.25, 0.3) is 0 Å². The Morgan fingerprint density at radius 1 is 1.31 bits per heavy atom. The standard InChI is InChI=1S/C15H22N2O2S.C2H2O4/c1-2-20-9-5-8-17-11-14(18)12-19-15-7-4-3-6-13(15)10-16;3-1(4)2(5)6/h3-4,6-7,14,17-18H,2,5,8-9,11-12H2,1H3;(H,3,4)(H,5,6). The molecule has 1 atom stereocenters. The van der Waals surface area contributed by atoms with Gasteiger partial charge in [-0.25, -0.2) is 9.59 Å². The fourth-order valence-electron chi connectivity index (χ4n) is 1.64. The van der Waals surface area contributed by atoms with Crippen molar-refractivity contribution < 1.29 is 29.6 Å². The second-order valence-electron chi connectivity index (χ2n) is 4.94. The molecule has 1 unspecified atom stereocenters. The summed E-state index contributed by atoms with van der Waals surface area (Å²) in [5.74, 6) is -0.834. The fourth-order valence-corrected chi connectivity index (χ4v) is 2.28. The predicted octanol–water partition coefficient (Wildman–Crippen LogP) is 1.19. The summed E-state index contributed by atoms with van der Waals surface area (Å²) in [5, 5.41) is 36.7. The number of aliphatic hydroxyl groups is 1. The van der Waals surface area contributed by atoms with Gasteiger partial charge in [0.1, 0.15) is 24.5 Å². The molecule has 0 heterocycles. The van der Waals surface area contributed by atoms with Crippen molar-refractivity contribution in [3.63, 3.8) is 0 Å². The van der Waals surface area contributed by atoms with Gasteiger partial charge in [-0.15, -0.1) is 0 Å². The fraction of sp³-hybridized carbons (Fsp3) is 0.471. The van der Waals surface area contributed by atoms with E-state index in [2.05, 4.69) is 18.3 Å². The lowest BCUT2D eigenvalue weighted by atomic mass is 10.2. The lowest BCUT2D eigenvalue weighted by molar-refractivity contribution is -0.159. The zero-order chi connectivity index (χ0) is 19.8. The van der Waals surface area contributed by atoms with Crippen LogP contribution in [0.15, 0.2) is 24.3 Å². The van der Waals surface area contributed by atoms with E-state index in [1.54, 1.807) is 18.2 Å². The maximum absolute atomic E-state index is 9.80. The van der Waals surface area contributed by atoms with Crippen LogP contribution in [-0.4, -0.2) is 64.6 Å². The third-order valence-corrected chi connectivity index (χ3v) is 3.83. The third-order valence-electron chi connectivity index (χ3n) is 2.85. The summed E-state index contributed by atoms with van der Waals surface area (Å²) in [7, 11) is 0. The van der Waals surface area contributed by atoms with Crippen molar-refractivity contribution in [1.82, 2.24) is 5.32 Å². The van der Waals surface area contributed by atoms with Crippen molar-refractivity contribution in [2.24, 2.45) is 0 Å². The Balaban J connectivity index is 0.000000896. The number of nitrogens with one attached hydrogen (secondary N) is 1. The average molecular weight is 384 g/mol. The van der Waals surface area contributed by atoms with Crippen molar-refractivity contribution in [3.8, 4) is 11.8 Å². The van der Waals surface area contributed by atoms with Crippen LogP contribution in [0.1, 0.15) is 18.9 Å². The van der Waals surface area contributed by atoms with E-state index < -0.39 is 18.0 Å². The number of aliphatic carboxylic acids is 2. The van der Waals surface area contributed by atoms with Crippen LogP contribution in [-0.2, 0) is 9.59 Å². The summed E-state index contributed by atoms with van der Waals surface area (Å²) in [6, 6.07) is 9.10. The number of rotatable bonds is 10. The number of hydrogen-bond donors (Lipinski definition) is 4. The van der Waals surface area contributed by atoms with Crippen molar-refractivity contribution >= 4 is 23.7 Å². The molecule has 4 N–H and O–H groups in total. The van der Waals surface area contributed by atoms with Gasteiger partial charge in [0.05, 0.1) is 5.56 Å². The number of carboxylic acids is 2. The van der Waals surface area contributed by atoms with E-state index in [4.69, 9.17) is 29.8 Å². The quantitative estimate of drug-likeness (QED) is 0.346. The number of para-hydroxylation sites is 1. The number of hydrogen-bond acceptors (Lipinski definition) is 7. The number of aliphatic hydroxyl groups excluding tert-OH is 1. The molecule has 0 saturated carbocycles. The first-order valence-corrected chi connectivity index (χ1v) is 9.12. The minimum atomic E-state index is -1.82. The zero-order valence-corrected chi connectivity index (χ0v) is 15.4. The van der Waals surface area contributed by atoms with Crippen LogP contribution in [0.3, 0.4) is 0 Å². The molecule has 1 aromatic carbocycles. The maximum Gasteiger partial charge on any atom is 0.414 e. The van der Waals surface area contributed by atoms with Gasteiger partial charge >= 0.3 is 11.9 Å². The van der Waals surface area contributed by atoms with Gasteiger partial charge in [0, 0.05) is 6.54 Å². The molecule has 8 nitrogen and oxygen atoms in total. The molecular weight excluding hydrogens is 360 g/mol. The Kier molecular flexibility index (Phi) is 13.7. The number of benzene rings is 1. The Bertz CT molecular complexity index is 579. The van der Waals surface area contributed by atoms with E-state index in [9.17, 15) is 5.11 Å². The molecule has 0 aliphatic rings. The Labute approximate surface area is 156 Å². The van der Waals surface area contributed by atoms with Crippen LogP contribution in [0.4, 0.5) is 0 Å². The van der Waals surface area contributed by atoms with Crippen LogP contribution >= 0.6 is 11.8 Å². The van der Waals surface area contributed by atoms with Gasteiger partial charge in [-0.2, -0.15) is 17.0 Å². The molecule has 0 spiro atoms. The number of carbonyl (C=O) groups is 2. The van der Waals surface area contributed by atoms with Crippen LogP contribution in [0, 0.1) is 11.3 Å². The van der Waals surface area contributed by atoms with Gasteiger partial charge in [-0.05, 0) is 36.6 Å². The molecule has 9 heteroatoms. The van der Waals surface area contributed by atoms with Crippen molar-refractivity contribution in [1.29, 1.82) is 5.26 Å². The molecule has 0 amide bonds. The van der Waals surface area contributed by atoms with Crippen LogP contribution < -0.4 is 10.1 Å². The molecule has 0 radical (unpaired) electrons. The molecular formula is C17H24N2O6S. The monoisotopic (exact) mass is 384 g/mol. The molecule has 1 rings (SSSR count). The zero-order valence-electron chi connectivity index (χ0n) is 14.6. The van der Waals surface area contributed by atoms with Crippen molar-refractivity contribution in [2.45, 2.75) is 19.4 Å². The summed E-state index contributed by atoms with van der Waals surface area (Å²) in [6.45, 7) is 3.75. The molecule has 144 valence electrons. The van der Waals surface area contributed by atoms with Gasteiger partial charge in [0.25, 0.3) is 0 Å². The highest BCUT2D eigenvalue weighted by Gasteiger charge is 2.07.